The van der Waals surface area contributed by atoms with Gasteiger partial charge in [0.2, 0.25) is 5.76 Å². The molecular formula is C15H17N5O3. The lowest BCUT2D eigenvalue weighted by molar-refractivity contribution is 0.163. The maximum absolute atomic E-state index is 10.0. The summed E-state index contributed by atoms with van der Waals surface area (Å²) < 4.78 is 12.0. The number of hydrogen-bond acceptors (Lipinski definition) is 7. The number of pyridine rings is 1. The molecule has 23 heavy (non-hydrogen) atoms. The SMILES string of the molecule is CCC(O)c1nc(-c2cc(OC)no2)n(Cc2ccncc2)n1. The van der Waals surface area contributed by atoms with Gasteiger partial charge in [0, 0.05) is 12.4 Å². The third-order valence-corrected chi connectivity index (χ3v) is 3.37. The molecule has 0 aliphatic rings. The van der Waals surface area contributed by atoms with Gasteiger partial charge in [-0.15, -0.1) is 0 Å². The van der Waals surface area contributed by atoms with Crippen LogP contribution in [0.3, 0.4) is 0 Å². The summed E-state index contributed by atoms with van der Waals surface area (Å²) in [4.78, 5) is 8.39. The van der Waals surface area contributed by atoms with E-state index in [9.17, 15) is 5.11 Å². The fraction of sp³-hybridized carbons (Fsp3) is 0.333. The summed E-state index contributed by atoms with van der Waals surface area (Å²) in [6.45, 7) is 2.34. The molecule has 0 saturated heterocycles. The van der Waals surface area contributed by atoms with Gasteiger partial charge in [-0.05, 0) is 29.3 Å². The molecule has 3 rings (SSSR count). The molecule has 8 nitrogen and oxygen atoms in total. The van der Waals surface area contributed by atoms with Crippen LogP contribution in [-0.4, -0.2) is 37.1 Å². The van der Waals surface area contributed by atoms with Crippen molar-refractivity contribution in [1.29, 1.82) is 0 Å². The van der Waals surface area contributed by atoms with Crippen molar-refractivity contribution in [2.24, 2.45) is 0 Å². The Bertz CT molecular complexity index is 769. The highest BCUT2D eigenvalue weighted by Gasteiger charge is 2.20. The van der Waals surface area contributed by atoms with E-state index in [1.807, 2.05) is 19.1 Å². The van der Waals surface area contributed by atoms with Gasteiger partial charge in [-0.2, -0.15) is 5.10 Å². The van der Waals surface area contributed by atoms with Crippen molar-refractivity contribution >= 4 is 0 Å². The van der Waals surface area contributed by atoms with Crippen molar-refractivity contribution < 1.29 is 14.4 Å². The quantitative estimate of drug-likeness (QED) is 0.740. The van der Waals surface area contributed by atoms with Crippen molar-refractivity contribution in [1.82, 2.24) is 24.9 Å². The molecule has 0 aliphatic carbocycles. The Hall–Kier alpha value is -2.74. The third-order valence-electron chi connectivity index (χ3n) is 3.37. The lowest BCUT2D eigenvalue weighted by Crippen LogP contribution is -2.05. The molecule has 1 unspecified atom stereocenters. The lowest BCUT2D eigenvalue weighted by Gasteiger charge is -2.03. The summed E-state index contributed by atoms with van der Waals surface area (Å²) >= 11 is 0. The van der Waals surface area contributed by atoms with Crippen LogP contribution in [0, 0.1) is 0 Å². The minimum Gasteiger partial charge on any atom is -0.479 e. The van der Waals surface area contributed by atoms with E-state index in [4.69, 9.17) is 9.26 Å². The Balaban J connectivity index is 2.00. The lowest BCUT2D eigenvalue weighted by atomic mass is 10.3. The predicted octanol–water partition coefficient (Wildman–Crippen LogP) is 1.83. The third kappa shape index (κ3) is 3.21. The van der Waals surface area contributed by atoms with Gasteiger partial charge >= 0.3 is 0 Å². The number of aliphatic hydroxyl groups excluding tert-OH is 1. The van der Waals surface area contributed by atoms with Crippen LogP contribution in [0.4, 0.5) is 0 Å². The van der Waals surface area contributed by atoms with Gasteiger partial charge in [-0.25, -0.2) is 9.67 Å². The van der Waals surface area contributed by atoms with Crippen LogP contribution in [0.25, 0.3) is 11.6 Å². The van der Waals surface area contributed by atoms with Crippen molar-refractivity contribution in [3.63, 3.8) is 0 Å². The van der Waals surface area contributed by atoms with Gasteiger partial charge in [0.25, 0.3) is 5.88 Å². The molecule has 0 amide bonds. The van der Waals surface area contributed by atoms with E-state index in [2.05, 4.69) is 20.2 Å². The van der Waals surface area contributed by atoms with Crippen molar-refractivity contribution in [2.45, 2.75) is 26.0 Å². The number of ether oxygens (including phenoxy) is 1. The molecular weight excluding hydrogens is 298 g/mol. The highest BCUT2D eigenvalue weighted by Crippen LogP contribution is 2.24. The van der Waals surface area contributed by atoms with Gasteiger partial charge in [0.05, 0.1) is 19.7 Å². The molecule has 1 N–H and O–H groups in total. The molecule has 0 fully saturated rings. The fourth-order valence-electron chi connectivity index (χ4n) is 2.10. The molecule has 0 spiro atoms. The summed E-state index contributed by atoms with van der Waals surface area (Å²) in [5.41, 5.74) is 1.01. The second kappa shape index (κ2) is 6.57. The second-order valence-corrected chi connectivity index (χ2v) is 4.96. The average Bonchev–Trinajstić information content (AvgIpc) is 3.21. The van der Waals surface area contributed by atoms with Crippen LogP contribution in [0.1, 0.15) is 30.8 Å². The Morgan fingerprint density at radius 2 is 2.13 bits per heavy atom. The normalized spacial score (nSPS) is 12.3. The molecule has 3 aromatic heterocycles. The van der Waals surface area contributed by atoms with Gasteiger partial charge in [-0.3, -0.25) is 4.98 Å². The molecule has 0 bridgehead atoms. The first-order valence-electron chi connectivity index (χ1n) is 7.24. The zero-order valence-corrected chi connectivity index (χ0v) is 12.9. The van der Waals surface area contributed by atoms with Crippen LogP contribution in [0.15, 0.2) is 35.1 Å². The van der Waals surface area contributed by atoms with Crippen LogP contribution in [0.2, 0.25) is 0 Å². The van der Waals surface area contributed by atoms with Gasteiger partial charge < -0.3 is 14.4 Å². The Morgan fingerprint density at radius 1 is 1.35 bits per heavy atom. The first-order valence-corrected chi connectivity index (χ1v) is 7.24. The Morgan fingerprint density at radius 3 is 2.78 bits per heavy atom. The summed E-state index contributed by atoms with van der Waals surface area (Å²) in [5, 5.41) is 18.2. The minimum atomic E-state index is -0.725. The zero-order chi connectivity index (χ0) is 16.2. The Labute approximate surface area is 132 Å². The number of methoxy groups -OCH3 is 1. The largest absolute Gasteiger partial charge is 0.479 e. The van der Waals surface area contributed by atoms with E-state index in [-0.39, 0.29) is 0 Å². The van der Waals surface area contributed by atoms with E-state index in [0.29, 0.717) is 36.3 Å². The van der Waals surface area contributed by atoms with Gasteiger partial charge in [0.15, 0.2) is 11.6 Å². The van der Waals surface area contributed by atoms with E-state index in [1.165, 1.54) is 7.11 Å². The maximum Gasteiger partial charge on any atom is 0.254 e. The molecule has 3 heterocycles. The number of hydrogen-bond donors (Lipinski definition) is 1. The molecule has 8 heteroatoms. The number of rotatable bonds is 6. The standard InChI is InChI=1S/C15H17N5O3/c1-3-11(21)14-17-15(12-8-13(22-2)19-23-12)20(18-14)9-10-4-6-16-7-5-10/h4-8,11,21H,3,9H2,1-2H3. The van der Waals surface area contributed by atoms with Crippen molar-refractivity contribution in [2.75, 3.05) is 7.11 Å². The van der Waals surface area contributed by atoms with E-state index in [1.54, 1.807) is 23.1 Å². The van der Waals surface area contributed by atoms with Gasteiger partial charge in [0.1, 0.15) is 6.10 Å². The van der Waals surface area contributed by atoms with Crippen LogP contribution >= 0.6 is 0 Å². The van der Waals surface area contributed by atoms with Crippen LogP contribution < -0.4 is 4.74 Å². The van der Waals surface area contributed by atoms with Crippen LogP contribution in [0.5, 0.6) is 5.88 Å². The highest BCUT2D eigenvalue weighted by atomic mass is 16.5. The average molecular weight is 315 g/mol. The van der Waals surface area contributed by atoms with Crippen molar-refractivity contribution in [3.8, 4) is 17.5 Å². The first kappa shape index (κ1) is 15.2. The highest BCUT2D eigenvalue weighted by molar-refractivity contribution is 5.48. The van der Waals surface area contributed by atoms with E-state index < -0.39 is 6.10 Å². The summed E-state index contributed by atoms with van der Waals surface area (Å²) in [6.07, 6.45) is 3.23. The first-order chi connectivity index (χ1) is 11.2. The second-order valence-electron chi connectivity index (χ2n) is 4.96. The zero-order valence-electron chi connectivity index (χ0n) is 12.9. The molecule has 0 saturated carbocycles. The summed E-state index contributed by atoms with van der Waals surface area (Å²) in [7, 11) is 1.51. The summed E-state index contributed by atoms with van der Waals surface area (Å²) in [5.74, 6) is 1.63. The molecule has 0 aliphatic heterocycles. The van der Waals surface area contributed by atoms with E-state index >= 15 is 0 Å². The smallest absolute Gasteiger partial charge is 0.254 e. The number of aliphatic hydroxyl groups is 1. The minimum absolute atomic E-state index is 0.354. The summed E-state index contributed by atoms with van der Waals surface area (Å²) in [6, 6.07) is 5.42. The van der Waals surface area contributed by atoms with E-state index in [0.717, 1.165) is 5.56 Å². The number of aromatic nitrogens is 5. The van der Waals surface area contributed by atoms with Gasteiger partial charge in [-0.1, -0.05) is 6.92 Å². The van der Waals surface area contributed by atoms with Crippen molar-refractivity contribution in [3.05, 3.63) is 42.0 Å². The molecule has 120 valence electrons. The fourth-order valence-corrected chi connectivity index (χ4v) is 2.10. The number of nitrogens with zero attached hydrogens (tertiary/aromatic N) is 5. The Kier molecular flexibility index (Phi) is 4.33. The molecule has 0 aromatic carbocycles. The molecule has 0 radical (unpaired) electrons. The monoisotopic (exact) mass is 315 g/mol. The topological polar surface area (TPSA) is 99.1 Å². The maximum atomic E-state index is 10.0. The predicted molar refractivity (Wildman–Crippen MR) is 80.7 cm³/mol. The molecule has 1 atom stereocenters. The molecule has 3 aromatic rings. The van der Waals surface area contributed by atoms with Crippen LogP contribution in [-0.2, 0) is 6.54 Å².